The molecule has 14 heavy (non-hydrogen) atoms. The van der Waals surface area contributed by atoms with Crippen LogP contribution in [0.3, 0.4) is 0 Å². The SMILES string of the molecule is CC(C)(C)S(=O)(=O)CCSS(=O)(=O)O. The Balaban J connectivity index is 4.31. The Morgan fingerprint density at radius 3 is 1.86 bits per heavy atom. The average molecular weight is 262 g/mol. The second-order valence-electron chi connectivity index (χ2n) is 3.68. The van der Waals surface area contributed by atoms with Crippen molar-refractivity contribution in [3.8, 4) is 0 Å². The molecule has 1 N–H and O–H groups in total. The van der Waals surface area contributed by atoms with Gasteiger partial charge in [0.1, 0.15) is 0 Å². The summed E-state index contributed by atoms with van der Waals surface area (Å²) in [5.74, 6) is -0.417. The molecule has 8 heteroatoms. The molecule has 86 valence electrons. The van der Waals surface area contributed by atoms with E-state index in [1.165, 1.54) is 0 Å². The van der Waals surface area contributed by atoms with E-state index in [0.717, 1.165) is 0 Å². The molecule has 0 aromatic rings. The maximum Gasteiger partial charge on any atom is 0.319 e. The van der Waals surface area contributed by atoms with Gasteiger partial charge in [-0.05, 0) is 31.6 Å². The predicted molar refractivity (Wildman–Crippen MR) is 57.5 cm³/mol. The van der Waals surface area contributed by atoms with Crippen molar-refractivity contribution in [2.75, 3.05) is 11.5 Å². The fourth-order valence-electron chi connectivity index (χ4n) is 0.555. The summed E-state index contributed by atoms with van der Waals surface area (Å²) in [4.78, 5) is 0. The highest BCUT2D eigenvalue weighted by molar-refractivity contribution is 8.70. The van der Waals surface area contributed by atoms with E-state index in [9.17, 15) is 16.8 Å². The van der Waals surface area contributed by atoms with E-state index in [-0.39, 0.29) is 22.3 Å². The van der Waals surface area contributed by atoms with Crippen LogP contribution in [0.1, 0.15) is 20.8 Å². The Labute approximate surface area is 88.3 Å². The summed E-state index contributed by atoms with van der Waals surface area (Å²) in [5.41, 5.74) is 0. The van der Waals surface area contributed by atoms with E-state index in [0.29, 0.717) is 0 Å². The highest BCUT2D eigenvalue weighted by Crippen LogP contribution is 2.18. The van der Waals surface area contributed by atoms with Gasteiger partial charge in [-0.2, -0.15) is 8.42 Å². The van der Waals surface area contributed by atoms with E-state index < -0.39 is 23.7 Å². The van der Waals surface area contributed by atoms with Gasteiger partial charge in [-0.1, -0.05) is 0 Å². The Kier molecular flexibility index (Phi) is 4.44. The lowest BCUT2D eigenvalue weighted by Crippen LogP contribution is -2.31. The number of hydrogen-bond acceptors (Lipinski definition) is 5. The van der Waals surface area contributed by atoms with Crippen molar-refractivity contribution < 1.29 is 21.4 Å². The Hall–Kier alpha value is 0.210. The molecule has 0 spiro atoms. The van der Waals surface area contributed by atoms with Crippen LogP contribution in [0.2, 0.25) is 0 Å². The van der Waals surface area contributed by atoms with Gasteiger partial charge >= 0.3 is 9.15 Å². The fourth-order valence-corrected chi connectivity index (χ4v) is 3.77. The molecule has 0 heterocycles. The largest absolute Gasteiger partial charge is 0.319 e. The first-order chi connectivity index (χ1) is 5.96. The number of rotatable bonds is 4. The molecule has 0 fully saturated rings. The van der Waals surface area contributed by atoms with Crippen LogP contribution in [0.15, 0.2) is 0 Å². The fraction of sp³-hybridized carbons (Fsp3) is 1.00. The van der Waals surface area contributed by atoms with Crippen LogP contribution in [-0.2, 0) is 19.0 Å². The van der Waals surface area contributed by atoms with Crippen molar-refractivity contribution in [3.63, 3.8) is 0 Å². The monoisotopic (exact) mass is 262 g/mol. The van der Waals surface area contributed by atoms with Crippen LogP contribution in [0.5, 0.6) is 0 Å². The van der Waals surface area contributed by atoms with Crippen molar-refractivity contribution in [2.24, 2.45) is 0 Å². The molecule has 0 aliphatic rings. The van der Waals surface area contributed by atoms with Gasteiger partial charge < -0.3 is 0 Å². The molecule has 0 aromatic carbocycles. The van der Waals surface area contributed by atoms with E-state index in [4.69, 9.17) is 4.55 Å². The van der Waals surface area contributed by atoms with E-state index in [1.807, 2.05) is 0 Å². The van der Waals surface area contributed by atoms with Crippen LogP contribution >= 0.6 is 10.8 Å². The minimum Gasteiger partial charge on any atom is -0.277 e. The van der Waals surface area contributed by atoms with Crippen molar-refractivity contribution >= 4 is 29.8 Å². The highest BCUT2D eigenvalue weighted by Gasteiger charge is 2.28. The van der Waals surface area contributed by atoms with Gasteiger partial charge in [-0.25, -0.2) is 8.42 Å². The third-order valence-corrected chi connectivity index (χ3v) is 6.45. The summed E-state index contributed by atoms with van der Waals surface area (Å²) in [6.07, 6.45) is 0. The third-order valence-electron chi connectivity index (χ3n) is 1.52. The summed E-state index contributed by atoms with van der Waals surface area (Å²) < 4.78 is 50.9. The van der Waals surface area contributed by atoms with E-state index in [1.54, 1.807) is 20.8 Å². The lowest BCUT2D eigenvalue weighted by atomic mass is 10.3. The summed E-state index contributed by atoms with van der Waals surface area (Å²) in [6, 6.07) is 0. The predicted octanol–water partition coefficient (Wildman–Crippen LogP) is 0.736. The molecule has 0 atom stereocenters. The zero-order valence-electron chi connectivity index (χ0n) is 8.22. The second kappa shape index (κ2) is 4.38. The van der Waals surface area contributed by atoms with Crippen LogP contribution < -0.4 is 0 Å². The van der Waals surface area contributed by atoms with E-state index >= 15 is 0 Å². The van der Waals surface area contributed by atoms with Crippen LogP contribution in [-0.4, -0.2) is 37.6 Å². The van der Waals surface area contributed by atoms with Gasteiger partial charge in [-0.3, -0.25) is 4.55 Å². The van der Waals surface area contributed by atoms with Crippen molar-refractivity contribution in [1.82, 2.24) is 0 Å². The zero-order valence-corrected chi connectivity index (χ0v) is 10.7. The van der Waals surface area contributed by atoms with Crippen molar-refractivity contribution in [1.29, 1.82) is 0 Å². The van der Waals surface area contributed by atoms with Gasteiger partial charge in [-0.15, -0.1) is 0 Å². The minimum absolute atomic E-state index is 0.154. The van der Waals surface area contributed by atoms with Gasteiger partial charge in [0.2, 0.25) is 0 Å². The Morgan fingerprint density at radius 2 is 1.57 bits per heavy atom. The summed E-state index contributed by atoms with van der Waals surface area (Å²) in [6.45, 7) is 4.63. The van der Waals surface area contributed by atoms with Gasteiger partial charge in [0, 0.05) is 5.75 Å². The normalized spacial score (nSPS) is 14.3. The smallest absolute Gasteiger partial charge is 0.277 e. The molecule has 0 saturated carbocycles. The summed E-state index contributed by atoms with van der Waals surface area (Å²) >= 11 is 0. The molecule has 0 unspecified atom stereocenters. The average Bonchev–Trinajstić information content (AvgIpc) is 1.80. The van der Waals surface area contributed by atoms with Gasteiger partial charge in [0.05, 0.1) is 10.5 Å². The Bertz CT molecular complexity index is 372. The molecule has 0 saturated heterocycles. The van der Waals surface area contributed by atoms with Crippen LogP contribution in [0.4, 0.5) is 0 Å². The van der Waals surface area contributed by atoms with Gasteiger partial charge in [0.15, 0.2) is 9.84 Å². The van der Waals surface area contributed by atoms with Crippen molar-refractivity contribution in [2.45, 2.75) is 25.5 Å². The highest BCUT2D eigenvalue weighted by atomic mass is 33.1. The lowest BCUT2D eigenvalue weighted by molar-refractivity contribution is 0.503. The summed E-state index contributed by atoms with van der Waals surface area (Å²) in [5, 5.41) is 0. The molecule has 0 rings (SSSR count). The molecule has 0 aliphatic heterocycles. The topological polar surface area (TPSA) is 88.5 Å². The first kappa shape index (κ1) is 14.2. The maximum absolute atomic E-state index is 11.4. The lowest BCUT2D eigenvalue weighted by Gasteiger charge is -2.18. The molecule has 0 aromatic heterocycles. The first-order valence-electron chi connectivity index (χ1n) is 3.80. The molecule has 0 radical (unpaired) electrons. The molecule has 0 bridgehead atoms. The number of sulfone groups is 1. The van der Waals surface area contributed by atoms with E-state index in [2.05, 4.69) is 0 Å². The molecule has 0 aliphatic carbocycles. The molecular weight excluding hydrogens is 248 g/mol. The third kappa shape index (κ3) is 5.18. The zero-order chi connectivity index (χ0) is 11.6. The quantitative estimate of drug-likeness (QED) is 0.593. The second-order valence-corrected chi connectivity index (χ2v) is 10.0. The maximum atomic E-state index is 11.4. The molecular formula is C6H14O5S3. The standard InChI is InChI=1S/C6H14O5S3/c1-6(2,3)13(7,8)5-4-12-14(9,10)11/h4-5H2,1-3H3,(H,9,10,11). The van der Waals surface area contributed by atoms with Crippen LogP contribution in [0, 0.1) is 0 Å². The summed E-state index contributed by atoms with van der Waals surface area (Å²) in [7, 11) is -7.23. The molecule has 0 amide bonds. The number of hydrogen-bond donors (Lipinski definition) is 1. The van der Waals surface area contributed by atoms with Crippen LogP contribution in [0.25, 0.3) is 0 Å². The first-order valence-corrected chi connectivity index (χ1v) is 8.39. The minimum atomic E-state index is -4.14. The van der Waals surface area contributed by atoms with Crippen molar-refractivity contribution in [3.05, 3.63) is 0 Å². The van der Waals surface area contributed by atoms with Gasteiger partial charge in [0.25, 0.3) is 0 Å². The Morgan fingerprint density at radius 1 is 1.14 bits per heavy atom. The molecule has 5 nitrogen and oxygen atoms in total.